The molecule has 1 N–H and O–H groups in total. The van der Waals surface area contributed by atoms with Crippen LogP contribution in [0.3, 0.4) is 0 Å². The molecule has 0 unspecified atom stereocenters. The number of thioether (sulfide) groups is 1. The highest BCUT2D eigenvalue weighted by atomic mass is 79.9. The molecule has 0 heterocycles. The van der Waals surface area contributed by atoms with Crippen LogP contribution in [0.1, 0.15) is 30.5 Å². The molecule has 1 atom stereocenters. The molecule has 0 radical (unpaired) electrons. The average Bonchev–Trinajstić information content (AvgIpc) is 2.67. The van der Waals surface area contributed by atoms with E-state index in [0.29, 0.717) is 18.8 Å². The van der Waals surface area contributed by atoms with Gasteiger partial charge in [0.25, 0.3) is 0 Å². The van der Waals surface area contributed by atoms with Crippen molar-refractivity contribution in [3.63, 3.8) is 0 Å². The molecule has 6 heteroatoms. The van der Waals surface area contributed by atoms with Crippen molar-refractivity contribution in [3.05, 3.63) is 69.7 Å². The first-order valence-corrected chi connectivity index (χ1v) is 11.3. The number of amides is 2. The van der Waals surface area contributed by atoms with Gasteiger partial charge in [0.15, 0.2) is 0 Å². The molecule has 0 aromatic heterocycles. The summed E-state index contributed by atoms with van der Waals surface area (Å²) in [6.07, 6.45) is 0. The van der Waals surface area contributed by atoms with Crippen LogP contribution in [0, 0.1) is 6.92 Å². The molecule has 2 amide bonds. The van der Waals surface area contributed by atoms with Crippen LogP contribution in [0.2, 0.25) is 0 Å². The van der Waals surface area contributed by atoms with Gasteiger partial charge in [-0.2, -0.15) is 0 Å². The summed E-state index contributed by atoms with van der Waals surface area (Å²) in [5.41, 5.74) is 3.40. The van der Waals surface area contributed by atoms with E-state index in [1.54, 1.807) is 23.6 Å². The number of likely N-dealkylation sites (N-methyl/N-ethyl adjacent to an activating group) is 1. The van der Waals surface area contributed by atoms with Gasteiger partial charge in [-0.05, 0) is 44.0 Å². The molecule has 2 aromatic rings. The van der Waals surface area contributed by atoms with Crippen molar-refractivity contribution < 1.29 is 9.59 Å². The second-order valence-corrected chi connectivity index (χ2v) is 8.60. The van der Waals surface area contributed by atoms with E-state index in [0.717, 1.165) is 15.8 Å². The maximum absolute atomic E-state index is 12.9. The van der Waals surface area contributed by atoms with Crippen molar-refractivity contribution in [2.75, 3.05) is 12.3 Å². The molecule has 2 rings (SSSR count). The number of carbonyl (C=O) groups is 2. The molecule has 0 bridgehead atoms. The summed E-state index contributed by atoms with van der Waals surface area (Å²) in [7, 11) is 0. The monoisotopic (exact) mass is 462 g/mol. The van der Waals surface area contributed by atoms with E-state index in [2.05, 4.69) is 52.4 Å². The second kappa shape index (κ2) is 11.3. The van der Waals surface area contributed by atoms with E-state index in [4.69, 9.17) is 0 Å². The highest BCUT2D eigenvalue weighted by molar-refractivity contribution is 9.10. The van der Waals surface area contributed by atoms with Crippen LogP contribution in [-0.2, 0) is 21.9 Å². The van der Waals surface area contributed by atoms with Crippen molar-refractivity contribution in [2.45, 2.75) is 39.1 Å². The van der Waals surface area contributed by atoms with Crippen molar-refractivity contribution in [3.8, 4) is 0 Å². The third-order valence-electron chi connectivity index (χ3n) is 4.38. The largest absolute Gasteiger partial charge is 0.355 e. The summed E-state index contributed by atoms with van der Waals surface area (Å²) in [5.74, 6) is 0.947. The minimum absolute atomic E-state index is 0.0316. The molecule has 0 aliphatic rings. The minimum atomic E-state index is -0.522. The quantitative estimate of drug-likeness (QED) is 0.594. The molecule has 2 aromatic carbocycles. The number of nitrogens with zero attached hydrogens (tertiary/aromatic N) is 1. The zero-order valence-corrected chi connectivity index (χ0v) is 19.0. The summed E-state index contributed by atoms with van der Waals surface area (Å²) >= 11 is 5.04. The summed E-state index contributed by atoms with van der Waals surface area (Å²) in [5, 5.41) is 2.82. The first kappa shape index (κ1) is 22.5. The molecule has 0 aliphatic carbocycles. The van der Waals surface area contributed by atoms with Crippen LogP contribution in [0.4, 0.5) is 0 Å². The SMILES string of the molecule is CCNC(=O)[C@H](C)N(Cc1cccc(Br)c1)C(=O)CSCc1ccc(C)cc1. The fourth-order valence-electron chi connectivity index (χ4n) is 2.76. The Bertz CT molecular complexity index is 795. The van der Waals surface area contributed by atoms with Crippen molar-refractivity contribution in [1.82, 2.24) is 10.2 Å². The molecular formula is C22H27BrN2O2S. The molecule has 0 saturated heterocycles. The number of hydrogen-bond acceptors (Lipinski definition) is 3. The maximum atomic E-state index is 12.9. The third-order valence-corrected chi connectivity index (χ3v) is 5.86. The van der Waals surface area contributed by atoms with Crippen molar-refractivity contribution in [2.24, 2.45) is 0 Å². The van der Waals surface area contributed by atoms with Gasteiger partial charge < -0.3 is 10.2 Å². The molecule has 0 saturated carbocycles. The summed E-state index contributed by atoms with van der Waals surface area (Å²) in [6.45, 7) is 6.67. The van der Waals surface area contributed by atoms with Gasteiger partial charge >= 0.3 is 0 Å². The standard InChI is InChI=1S/C22H27BrN2O2S/c1-4-24-22(27)17(3)25(13-19-6-5-7-20(23)12-19)21(26)15-28-14-18-10-8-16(2)9-11-18/h5-12,17H,4,13-15H2,1-3H3,(H,24,27)/t17-/m0/s1. The molecular weight excluding hydrogens is 436 g/mol. The normalized spacial score (nSPS) is 11.7. The van der Waals surface area contributed by atoms with Crippen LogP contribution >= 0.6 is 27.7 Å². The van der Waals surface area contributed by atoms with E-state index in [9.17, 15) is 9.59 Å². The highest BCUT2D eigenvalue weighted by Gasteiger charge is 2.25. The number of hydrogen-bond donors (Lipinski definition) is 1. The first-order chi connectivity index (χ1) is 13.4. The molecule has 28 heavy (non-hydrogen) atoms. The van der Waals surface area contributed by atoms with E-state index < -0.39 is 6.04 Å². The Morgan fingerprint density at radius 3 is 2.50 bits per heavy atom. The summed E-state index contributed by atoms with van der Waals surface area (Å²) < 4.78 is 0.955. The first-order valence-electron chi connectivity index (χ1n) is 9.35. The molecule has 0 spiro atoms. The van der Waals surface area contributed by atoms with Gasteiger partial charge in [-0.3, -0.25) is 9.59 Å². The summed E-state index contributed by atoms with van der Waals surface area (Å²) in [4.78, 5) is 27.0. The Kier molecular flexibility index (Phi) is 9.06. The van der Waals surface area contributed by atoms with Gasteiger partial charge in [-0.1, -0.05) is 57.9 Å². The topological polar surface area (TPSA) is 49.4 Å². The van der Waals surface area contributed by atoms with Crippen LogP contribution in [0.15, 0.2) is 53.0 Å². The van der Waals surface area contributed by atoms with Crippen LogP contribution in [0.25, 0.3) is 0 Å². The number of aryl methyl sites for hydroxylation is 1. The number of nitrogens with one attached hydrogen (secondary N) is 1. The lowest BCUT2D eigenvalue weighted by Crippen LogP contribution is -2.48. The van der Waals surface area contributed by atoms with E-state index >= 15 is 0 Å². The van der Waals surface area contributed by atoms with Gasteiger partial charge in [0.1, 0.15) is 6.04 Å². The zero-order valence-electron chi connectivity index (χ0n) is 16.6. The van der Waals surface area contributed by atoms with E-state index in [1.165, 1.54) is 11.1 Å². The molecule has 4 nitrogen and oxygen atoms in total. The Balaban J connectivity index is 2.04. The highest BCUT2D eigenvalue weighted by Crippen LogP contribution is 2.18. The summed E-state index contributed by atoms with van der Waals surface area (Å²) in [6, 6.07) is 15.6. The minimum Gasteiger partial charge on any atom is -0.355 e. The fourth-order valence-corrected chi connectivity index (χ4v) is 4.08. The smallest absolute Gasteiger partial charge is 0.242 e. The lowest BCUT2D eigenvalue weighted by Gasteiger charge is -2.28. The maximum Gasteiger partial charge on any atom is 0.242 e. The Labute approximate surface area is 180 Å². The van der Waals surface area contributed by atoms with Crippen LogP contribution < -0.4 is 5.32 Å². The van der Waals surface area contributed by atoms with Gasteiger partial charge in [0.2, 0.25) is 11.8 Å². The lowest BCUT2D eigenvalue weighted by molar-refractivity contribution is -0.138. The van der Waals surface area contributed by atoms with E-state index in [-0.39, 0.29) is 11.8 Å². The van der Waals surface area contributed by atoms with Crippen LogP contribution in [-0.4, -0.2) is 35.1 Å². The van der Waals surface area contributed by atoms with Crippen LogP contribution in [0.5, 0.6) is 0 Å². The predicted octanol–water partition coefficient (Wildman–Crippen LogP) is 4.54. The number of carbonyl (C=O) groups excluding carboxylic acids is 2. The Morgan fingerprint density at radius 1 is 1.14 bits per heavy atom. The van der Waals surface area contributed by atoms with Gasteiger partial charge in [0.05, 0.1) is 5.75 Å². The lowest BCUT2D eigenvalue weighted by atomic mass is 10.1. The number of benzene rings is 2. The number of rotatable bonds is 9. The Morgan fingerprint density at radius 2 is 1.86 bits per heavy atom. The Hall–Kier alpha value is -1.79. The van der Waals surface area contributed by atoms with Crippen molar-refractivity contribution in [1.29, 1.82) is 0 Å². The molecule has 0 aliphatic heterocycles. The third kappa shape index (κ3) is 6.99. The average molecular weight is 463 g/mol. The van der Waals surface area contributed by atoms with Gasteiger partial charge in [0, 0.05) is 23.3 Å². The molecule has 150 valence electrons. The zero-order chi connectivity index (χ0) is 20.5. The van der Waals surface area contributed by atoms with Gasteiger partial charge in [-0.15, -0.1) is 11.8 Å². The van der Waals surface area contributed by atoms with Gasteiger partial charge in [-0.25, -0.2) is 0 Å². The predicted molar refractivity (Wildman–Crippen MR) is 120 cm³/mol. The second-order valence-electron chi connectivity index (χ2n) is 6.70. The van der Waals surface area contributed by atoms with Crippen molar-refractivity contribution >= 4 is 39.5 Å². The molecule has 0 fully saturated rings. The fraction of sp³-hybridized carbons (Fsp3) is 0.364. The number of halogens is 1. The van der Waals surface area contributed by atoms with E-state index in [1.807, 2.05) is 31.2 Å².